The summed E-state index contributed by atoms with van der Waals surface area (Å²) in [5.41, 5.74) is -2.35. The van der Waals surface area contributed by atoms with Gasteiger partial charge in [-0.1, -0.05) is 0 Å². The molecule has 0 saturated heterocycles. The van der Waals surface area contributed by atoms with Gasteiger partial charge in [-0.2, -0.15) is 0 Å². The lowest BCUT2D eigenvalue weighted by Crippen LogP contribution is -2.48. The molecule has 7 heteroatoms. The lowest BCUT2D eigenvalue weighted by Gasteiger charge is -2.20. The van der Waals surface area contributed by atoms with E-state index in [0.29, 0.717) is 0 Å². The van der Waals surface area contributed by atoms with Crippen molar-refractivity contribution in [2.45, 2.75) is 11.7 Å². The van der Waals surface area contributed by atoms with Crippen molar-refractivity contribution in [3.05, 3.63) is 12.2 Å². The number of rotatable bonds is 3. The molecule has 1 rings (SSSR count). The van der Waals surface area contributed by atoms with E-state index in [4.69, 9.17) is 10.2 Å². The maximum Gasteiger partial charge on any atom is 0.354 e. The zero-order valence-electron chi connectivity index (χ0n) is 7.67. The SMILES string of the molecule is COC(=O)C1(C(=O)O)C=CC(C(=O)O)O1. The fourth-order valence-electron chi connectivity index (χ4n) is 1.11. The highest BCUT2D eigenvalue weighted by Crippen LogP contribution is 2.25. The van der Waals surface area contributed by atoms with Gasteiger partial charge in [0.2, 0.25) is 0 Å². The van der Waals surface area contributed by atoms with E-state index in [0.717, 1.165) is 19.3 Å². The Balaban J connectivity index is 3.00. The molecule has 0 bridgehead atoms. The molecule has 1 aliphatic rings. The lowest BCUT2D eigenvalue weighted by molar-refractivity contribution is -0.182. The average molecular weight is 216 g/mol. The predicted octanol–water partition coefficient (Wildman–Crippen LogP) is -0.978. The number of methoxy groups -OCH3 is 1. The standard InChI is InChI=1S/C8H8O7/c1-14-7(13)8(6(11)12)3-2-4(15-8)5(9)10/h2-4H,1H3,(H,9,10)(H,11,12). The molecule has 15 heavy (non-hydrogen) atoms. The third-order valence-corrected chi connectivity index (χ3v) is 1.87. The highest BCUT2D eigenvalue weighted by molar-refractivity contribution is 6.06. The predicted molar refractivity (Wildman–Crippen MR) is 44.0 cm³/mol. The number of hydrogen-bond acceptors (Lipinski definition) is 5. The van der Waals surface area contributed by atoms with E-state index in [1.54, 1.807) is 0 Å². The van der Waals surface area contributed by atoms with Crippen molar-refractivity contribution in [1.29, 1.82) is 0 Å². The summed E-state index contributed by atoms with van der Waals surface area (Å²) in [6.07, 6.45) is 0.382. The van der Waals surface area contributed by atoms with Crippen LogP contribution in [0.2, 0.25) is 0 Å². The van der Waals surface area contributed by atoms with Crippen LogP contribution in [0.25, 0.3) is 0 Å². The first-order chi connectivity index (χ1) is 6.94. The Morgan fingerprint density at radius 3 is 2.33 bits per heavy atom. The molecule has 0 aromatic heterocycles. The van der Waals surface area contributed by atoms with Crippen LogP contribution in [-0.2, 0) is 23.9 Å². The Bertz CT molecular complexity index is 345. The van der Waals surface area contributed by atoms with Gasteiger partial charge in [-0.25, -0.2) is 14.4 Å². The molecule has 1 heterocycles. The number of carbonyl (C=O) groups excluding carboxylic acids is 1. The zero-order valence-corrected chi connectivity index (χ0v) is 7.67. The molecule has 1 aliphatic heterocycles. The van der Waals surface area contributed by atoms with Gasteiger partial charge >= 0.3 is 17.9 Å². The van der Waals surface area contributed by atoms with Crippen molar-refractivity contribution in [1.82, 2.24) is 0 Å². The van der Waals surface area contributed by atoms with Crippen molar-refractivity contribution in [3.63, 3.8) is 0 Å². The van der Waals surface area contributed by atoms with Crippen molar-refractivity contribution < 1.29 is 34.1 Å². The van der Waals surface area contributed by atoms with E-state index in [1.807, 2.05) is 0 Å². The van der Waals surface area contributed by atoms with Gasteiger partial charge in [0.25, 0.3) is 5.60 Å². The zero-order chi connectivity index (χ0) is 11.6. The minimum Gasteiger partial charge on any atom is -0.479 e. The second-order valence-corrected chi connectivity index (χ2v) is 2.77. The fourth-order valence-corrected chi connectivity index (χ4v) is 1.11. The monoisotopic (exact) mass is 216 g/mol. The first-order valence-electron chi connectivity index (χ1n) is 3.86. The average Bonchev–Trinajstić information content (AvgIpc) is 2.62. The molecule has 0 fully saturated rings. The lowest BCUT2D eigenvalue weighted by atomic mass is 10.1. The first kappa shape index (κ1) is 11.2. The molecular weight excluding hydrogens is 208 g/mol. The van der Waals surface area contributed by atoms with Crippen molar-refractivity contribution in [2.75, 3.05) is 7.11 Å². The third kappa shape index (κ3) is 1.68. The first-order valence-corrected chi connectivity index (χ1v) is 3.86. The number of aliphatic carboxylic acids is 2. The molecule has 0 aliphatic carbocycles. The van der Waals surface area contributed by atoms with Crippen molar-refractivity contribution >= 4 is 17.9 Å². The van der Waals surface area contributed by atoms with Gasteiger partial charge in [-0.05, 0) is 12.2 Å². The highest BCUT2D eigenvalue weighted by atomic mass is 16.6. The minimum atomic E-state index is -2.35. The normalized spacial score (nSPS) is 28.7. The summed E-state index contributed by atoms with van der Waals surface area (Å²) in [7, 11) is 0.984. The summed E-state index contributed by atoms with van der Waals surface area (Å²) in [6.45, 7) is 0. The minimum absolute atomic E-state index is 0.861. The van der Waals surface area contributed by atoms with Gasteiger partial charge in [0.15, 0.2) is 6.10 Å². The van der Waals surface area contributed by atoms with Crippen LogP contribution in [0, 0.1) is 0 Å². The summed E-state index contributed by atoms with van der Waals surface area (Å²) in [6, 6.07) is 0. The maximum atomic E-state index is 11.2. The van der Waals surface area contributed by atoms with Crippen LogP contribution >= 0.6 is 0 Å². The number of carbonyl (C=O) groups is 3. The molecule has 82 valence electrons. The molecule has 2 N–H and O–H groups in total. The topological polar surface area (TPSA) is 110 Å². The third-order valence-electron chi connectivity index (χ3n) is 1.87. The molecular formula is C8H8O7. The molecule has 0 aromatic rings. The van der Waals surface area contributed by atoms with E-state index in [1.165, 1.54) is 0 Å². The van der Waals surface area contributed by atoms with Crippen LogP contribution in [0.4, 0.5) is 0 Å². The van der Waals surface area contributed by atoms with Gasteiger partial charge in [0.05, 0.1) is 7.11 Å². The van der Waals surface area contributed by atoms with Gasteiger partial charge < -0.3 is 19.7 Å². The quantitative estimate of drug-likeness (QED) is 0.354. The molecule has 7 nitrogen and oxygen atoms in total. The Hall–Kier alpha value is -1.89. The largest absolute Gasteiger partial charge is 0.479 e. The van der Waals surface area contributed by atoms with E-state index in [2.05, 4.69) is 9.47 Å². The highest BCUT2D eigenvalue weighted by Gasteiger charge is 2.52. The molecule has 0 aromatic carbocycles. The number of esters is 1. The summed E-state index contributed by atoms with van der Waals surface area (Å²) < 4.78 is 8.88. The Labute approximate surface area is 83.9 Å². The van der Waals surface area contributed by atoms with Gasteiger partial charge in [-0.15, -0.1) is 0 Å². The number of hydrogen-bond donors (Lipinski definition) is 2. The summed E-state index contributed by atoms with van der Waals surface area (Å²) in [5, 5.41) is 17.4. The number of carboxylic acid groups (broad SMARTS) is 2. The van der Waals surface area contributed by atoms with E-state index in [9.17, 15) is 14.4 Å². The molecule has 0 saturated carbocycles. The maximum absolute atomic E-state index is 11.2. The molecule has 2 atom stereocenters. The molecule has 0 spiro atoms. The second-order valence-electron chi connectivity index (χ2n) is 2.77. The van der Waals surface area contributed by atoms with Crippen molar-refractivity contribution in [3.8, 4) is 0 Å². The summed E-state index contributed by atoms with van der Waals surface area (Å²) in [5.74, 6) is -4.16. The smallest absolute Gasteiger partial charge is 0.354 e. The van der Waals surface area contributed by atoms with Gasteiger partial charge in [0, 0.05) is 0 Å². The molecule has 0 radical (unpaired) electrons. The number of carboxylic acids is 2. The Kier molecular flexibility index (Phi) is 2.76. The van der Waals surface area contributed by atoms with Gasteiger partial charge in [0.1, 0.15) is 0 Å². The summed E-state index contributed by atoms with van der Waals surface area (Å²) >= 11 is 0. The fraction of sp³-hybridized carbons (Fsp3) is 0.375. The van der Waals surface area contributed by atoms with E-state index < -0.39 is 29.6 Å². The van der Waals surface area contributed by atoms with Crippen molar-refractivity contribution in [2.24, 2.45) is 0 Å². The van der Waals surface area contributed by atoms with Crippen LogP contribution in [-0.4, -0.2) is 46.9 Å². The Morgan fingerprint density at radius 1 is 1.40 bits per heavy atom. The Morgan fingerprint density at radius 2 is 2.00 bits per heavy atom. The molecule has 0 amide bonds. The van der Waals surface area contributed by atoms with E-state index in [-0.39, 0.29) is 0 Å². The number of ether oxygens (including phenoxy) is 2. The van der Waals surface area contributed by atoms with Crippen LogP contribution in [0.5, 0.6) is 0 Å². The van der Waals surface area contributed by atoms with Crippen LogP contribution in [0.1, 0.15) is 0 Å². The molecule has 2 unspecified atom stereocenters. The van der Waals surface area contributed by atoms with Gasteiger partial charge in [-0.3, -0.25) is 0 Å². The van der Waals surface area contributed by atoms with E-state index >= 15 is 0 Å². The van der Waals surface area contributed by atoms with Crippen LogP contribution in [0.15, 0.2) is 12.2 Å². The second kappa shape index (κ2) is 3.70. The van der Waals surface area contributed by atoms with Crippen LogP contribution in [0.3, 0.4) is 0 Å². The van der Waals surface area contributed by atoms with Crippen LogP contribution < -0.4 is 0 Å². The summed E-state index contributed by atoms with van der Waals surface area (Å²) in [4.78, 5) is 32.5.